The normalized spacial score (nSPS) is 31.9. The number of alkyl halides is 1. The van der Waals surface area contributed by atoms with Crippen molar-refractivity contribution < 1.29 is 9.90 Å². The molecular weight excluding hydrogens is 176 g/mol. The topological polar surface area (TPSA) is 37.3 Å². The van der Waals surface area contributed by atoms with Gasteiger partial charge in [0, 0.05) is 5.92 Å². The van der Waals surface area contributed by atoms with Crippen molar-refractivity contribution in [2.75, 3.05) is 5.88 Å². The number of carbonyl (C=O) groups excluding carboxylic acids is 1. The lowest BCUT2D eigenvalue weighted by molar-refractivity contribution is -0.121. The molecule has 1 N–H and O–H groups in total. The zero-order valence-electron chi connectivity index (χ0n) is 7.29. The number of ketones is 1. The molecule has 1 aliphatic carbocycles. The second kappa shape index (κ2) is 4.24. The first-order chi connectivity index (χ1) is 5.65. The van der Waals surface area contributed by atoms with Crippen LogP contribution < -0.4 is 0 Å². The number of hydrogen-bond acceptors (Lipinski definition) is 2. The third-order valence-electron chi connectivity index (χ3n) is 2.79. The van der Waals surface area contributed by atoms with Crippen LogP contribution in [0.2, 0.25) is 0 Å². The zero-order valence-corrected chi connectivity index (χ0v) is 8.05. The number of hydrogen-bond donors (Lipinski definition) is 1. The fraction of sp³-hybridized carbons (Fsp3) is 0.889. The van der Waals surface area contributed by atoms with Gasteiger partial charge in [-0.05, 0) is 25.2 Å². The summed E-state index contributed by atoms with van der Waals surface area (Å²) in [4.78, 5) is 11.2. The molecule has 0 radical (unpaired) electrons. The molecule has 3 heteroatoms. The maximum absolute atomic E-state index is 11.2. The van der Waals surface area contributed by atoms with Gasteiger partial charge in [0.1, 0.15) is 0 Å². The molecular formula is C9H15ClO2. The molecule has 0 aliphatic heterocycles. The summed E-state index contributed by atoms with van der Waals surface area (Å²) >= 11 is 5.45. The largest absolute Gasteiger partial charge is 0.393 e. The van der Waals surface area contributed by atoms with Gasteiger partial charge < -0.3 is 5.11 Å². The lowest BCUT2D eigenvalue weighted by Crippen LogP contribution is -2.20. The Hall–Kier alpha value is -0.0800. The third-order valence-corrected chi connectivity index (χ3v) is 3.06. The van der Waals surface area contributed by atoms with Gasteiger partial charge in [-0.25, -0.2) is 0 Å². The quantitative estimate of drug-likeness (QED) is 0.687. The van der Waals surface area contributed by atoms with Gasteiger partial charge in [-0.15, -0.1) is 11.6 Å². The average molecular weight is 191 g/mol. The van der Waals surface area contributed by atoms with Crippen LogP contribution >= 0.6 is 11.6 Å². The van der Waals surface area contributed by atoms with Crippen LogP contribution in [0.3, 0.4) is 0 Å². The van der Waals surface area contributed by atoms with E-state index in [9.17, 15) is 9.90 Å². The molecule has 1 aliphatic rings. The van der Waals surface area contributed by atoms with E-state index >= 15 is 0 Å². The molecule has 70 valence electrons. The van der Waals surface area contributed by atoms with Gasteiger partial charge in [-0.2, -0.15) is 0 Å². The number of halogens is 1. The van der Waals surface area contributed by atoms with Crippen LogP contribution in [0.25, 0.3) is 0 Å². The standard InChI is InChI=1S/C9H15ClO2/c1-6(9(12)5-10)7-2-3-8(11)4-7/h6-8,11H,2-5H2,1H3. The number of aliphatic hydroxyl groups excluding tert-OH is 1. The summed E-state index contributed by atoms with van der Waals surface area (Å²) in [5, 5.41) is 9.26. The highest BCUT2D eigenvalue weighted by atomic mass is 35.5. The van der Waals surface area contributed by atoms with Crippen LogP contribution in [0.1, 0.15) is 26.2 Å². The van der Waals surface area contributed by atoms with Crippen molar-refractivity contribution in [1.29, 1.82) is 0 Å². The molecule has 1 saturated carbocycles. The van der Waals surface area contributed by atoms with Gasteiger partial charge in [0.25, 0.3) is 0 Å². The van der Waals surface area contributed by atoms with E-state index in [1.807, 2.05) is 6.92 Å². The fourth-order valence-electron chi connectivity index (χ4n) is 1.83. The molecule has 0 aromatic carbocycles. The Kier molecular flexibility index (Phi) is 3.53. The molecule has 0 heterocycles. The van der Waals surface area contributed by atoms with Crippen molar-refractivity contribution in [2.45, 2.75) is 32.3 Å². The first-order valence-corrected chi connectivity index (χ1v) is 4.95. The Bertz CT molecular complexity index is 170. The molecule has 0 bridgehead atoms. The summed E-state index contributed by atoms with van der Waals surface area (Å²) in [5.41, 5.74) is 0. The SMILES string of the molecule is CC(C(=O)CCl)C1CCC(O)C1. The number of carbonyl (C=O) groups is 1. The second-order valence-electron chi connectivity index (χ2n) is 3.62. The van der Waals surface area contributed by atoms with Gasteiger partial charge in [0.15, 0.2) is 5.78 Å². The highest BCUT2D eigenvalue weighted by Crippen LogP contribution is 2.32. The predicted molar refractivity (Wildman–Crippen MR) is 48.2 cm³/mol. The van der Waals surface area contributed by atoms with Crippen LogP contribution in [-0.4, -0.2) is 22.9 Å². The first-order valence-electron chi connectivity index (χ1n) is 4.42. The molecule has 0 aromatic heterocycles. The van der Waals surface area contributed by atoms with Crippen molar-refractivity contribution >= 4 is 17.4 Å². The third kappa shape index (κ3) is 2.20. The maximum atomic E-state index is 11.2. The van der Waals surface area contributed by atoms with E-state index in [1.165, 1.54) is 0 Å². The Labute approximate surface area is 77.9 Å². The van der Waals surface area contributed by atoms with Gasteiger partial charge in [0.05, 0.1) is 12.0 Å². The van der Waals surface area contributed by atoms with Crippen LogP contribution in [0.15, 0.2) is 0 Å². The minimum Gasteiger partial charge on any atom is -0.393 e. The van der Waals surface area contributed by atoms with Crippen LogP contribution in [0.4, 0.5) is 0 Å². The predicted octanol–water partition coefficient (Wildman–Crippen LogP) is 1.59. The van der Waals surface area contributed by atoms with Gasteiger partial charge in [0.2, 0.25) is 0 Å². The van der Waals surface area contributed by atoms with E-state index in [1.54, 1.807) is 0 Å². The van der Waals surface area contributed by atoms with E-state index in [4.69, 9.17) is 11.6 Å². The number of aliphatic hydroxyl groups is 1. The molecule has 2 nitrogen and oxygen atoms in total. The molecule has 3 unspecified atom stereocenters. The Morgan fingerprint density at radius 3 is 2.75 bits per heavy atom. The molecule has 3 atom stereocenters. The van der Waals surface area contributed by atoms with Crippen LogP contribution in [0.5, 0.6) is 0 Å². The fourth-order valence-corrected chi connectivity index (χ4v) is 2.07. The van der Waals surface area contributed by atoms with Gasteiger partial charge >= 0.3 is 0 Å². The first kappa shape index (κ1) is 10.0. The summed E-state index contributed by atoms with van der Waals surface area (Å²) in [6, 6.07) is 0. The maximum Gasteiger partial charge on any atom is 0.150 e. The van der Waals surface area contributed by atoms with E-state index in [-0.39, 0.29) is 23.7 Å². The number of Topliss-reactive ketones (excluding diaryl/α,β-unsaturated/α-hetero) is 1. The van der Waals surface area contributed by atoms with Crippen molar-refractivity contribution in [3.05, 3.63) is 0 Å². The highest BCUT2D eigenvalue weighted by Gasteiger charge is 2.30. The zero-order chi connectivity index (χ0) is 9.14. The van der Waals surface area contributed by atoms with Crippen molar-refractivity contribution in [1.82, 2.24) is 0 Å². The molecule has 0 aromatic rings. The number of rotatable bonds is 3. The summed E-state index contributed by atoms with van der Waals surface area (Å²) in [5.74, 6) is 0.593. The lowest BCUT2D eigenvalue weighted by atomic mass is 9.89. The molecule has 0 saturated heterocycles. The summed E-state index contributed by atoms with van der Waals surface area (Å²) in [6.07, 6.45) is 2.37. The molecule has 1 rings (SSSR count). The van der Waals surface area contributed by atoms with Crippen LogP contribution in [0, 0.1) is 11.8 Å². The van der Waals surface area contributed by atoms with Gasteiger partial charge in [-0.1, -0.05) is 6.92 Å². The minimum atomic E-state index is -0.194. The lowest BCUT2D eigenvalue weighted by Gasteiger charge is -2.15. The Balaban J connectivity index is 2.42. The van der Waals surface area contributed by atoms with Crippen molar-refractivity contribution in [3.63, 3.8) is 0 Å². The highest BCUT2D eigenvalue weighted by molar-refractivity contribution is 6.27. The van der Waals surface area contributed by atoms with Gasteiger partial charge in [-0.3, -0.25) is 4.79 Å². The average Bonchev–Trinajstić information content (AvgIpc) is 2.49. The summed E-state index contributed by atoms with van der Waals surface area (Å²) in [6.45, 7) is 1.91. The summed E-state index contributed by atoms with van der Waals surface area (Å²) in [7, 11) is 0. The molecule has 1 fully saturated rings. The molecule has 0 amide bonds. The molecule has 12 heavy (non-hydrogen) atoms. The monoisotopic (exact) mass is 190 g/mol. The smallest absolute Gasteiger partial charge is 0.150 e. The van der Waals surface area contributed by atoms with E-state index in [2.05, 4.69) is 0 Å². The Morgan fingerprint density at radius 2 is 2.33 bits per heavy atom. The Morgan fingerprint density at radius 1 is 1.67 bits per heavy atom. The second-order valence-corrected chi connectivity index (χ2v) is 3.88. The van der Waals surface area contributed by atoms with E-state index in [0.717, 1.165) is 19.3 Å². The molecule has 0 spiro atoms. The van der Waals surface area contributed by atoms with Crippen molar-refractivity contribution in [2.24, 2.45) is 11.8 Å². The minimum absolute atomic E-state index is 0.0275. The van der Waals surface area contributed by atoms with Crippen LogP contribution in [-0.2, 0) is 4.79 Å². The van der Waals surface area contributed by atoms with E-state index < -0.39 is 0 Å². The van der Waals surface area contributed by atoms with E-state index in [0.29, 0.717) is 5.92 Å². The van der Waals surface area contributed by atoms with Crippen molar-refractivity contribution in [3.8, 4) is 0 Å². The summed E-state index contributed by atoms with van der Waals surface area (Å²) < 4.78 is 0.